The summed E-state index contributed by atoms with van der Waals surface area (Å²) in [5, 5.41) is 0. The normalized spacial score (nSPS) is 34.5. The number of carbonyl (C=O) groups excluding carboxylic acids is 1. The van der Waals surface area contributed by atoms with Crippen molar-refractivity contribution in [2.45, 2.75) is 292 Å². The molecule has 150 heavy (non-hydrogen) atoms. The third-order valence-electron chi connectivity index (χ3n) is 34.1. The molecule has 1 unspecified atom stereocenters. The van der Waals surface area contributed by atoms with Gasteiger partial charge in [0.05, 0.1) is 110 Å². The van der Waals surface area contributed by atoms with Gasteiger partial charge in [0.1, 0.15) is 85.5 Å². The molecule has 0 N–H and O–H groups in total. The van der Waals surface area contributed by atoms with Crippen LogP contribution in [0, 0.1) is 52.3 Å². The standard InChI is InChI=1S/C127H144O23/c1-84-62-67-127(140-70-84)85(2)107-102(150-127)69-101-99-61-60-97-68-98(63-65-125(97,3)100(99)64-66-126(101,107)4)141-122-116(137-79-94-54-32-13-33-55-94)113(135-77-92-50-28-11-29-51-92)110(105(143-122)81-130-72-87-40-18-6-19-41-87)147-124-118(149-123-117(145-119(128)95-56-34-14-35-57-95)112(134-76-91-48-26-10-27-49-91)109(133-75-90-46-24-9-25-47-90)104(142-123)80-129-71-86-38-16-5-17-39-86)114(111-106(144-124)83-138-120(146-111)96-58-36-15-37-59-96)148-121-115(136-78-93-52-30-12-31-53-93)108(132-74-89-44-22-8-23-45-89)103(82-139-121)131-73-88-42-20-7-21-43-88/h5-59,84-85,97-118,120-124H,60-83H2,1-4H3/t84-,85+,97+,98+,99-,100+,101+,102+,103-,104-,105-,106-,107+,108+,109-,110+,111-,112+,113+,114+,115-,116-,117-,118-,120?,121+,122-,123+,124+,125+,126+,127-/m1/s1. The highest BCUT2D eigenvalue weighted by Gasteiger charge is 2.70. The molecule has 11 fully saturated rings. The first kappa shape index (κ1) is 104. The molecule has 4 saturated carbocycles. The topological polar surface area (TPSA) is 220 Å². The second kappa shape index (κ2) is 49.2. The first-order chi connectivity index (χ1) is 73.7. The number of fused-ring (bicyclic) bond motifs is 8. The Balaban J connectivity index is 0.678. The molecule has 7 heterocycles. The first-order valence-electron chi connectivity index (χ1n) is 54.7. The summed E-state index contributed by atoms with van der Waals surface area (Å²) < 4.78 is 166. The Bertz CT molecular complexity index is 5940. The Kier molecular flexibility index (Phi) is 34.3. The summed E-state index contributed by atoms with van der Waals surface area (Å²) in [5.74, 6) is 2.31. The molecule has 0 bridgehead atoms. The molecule has 4 aliphatic carbocycles. The van der Waals surface area contributed by atoms with Crippen LogP contribution in [0.2, 0.25) is 0 Å². The van der Waals surface area contributed by atoms with Gasteiger partial charge in [-0.2, -0.15) is 0 Å². The van der Waals surface area contributed by atoms with E-state index in [1.54, 1.807) is 24.3 Å². The lowest BCUT2D eigenvalue weighted by Crippen LogP contribution is -2.70. The van der Waals surface area contributed by atoms with Gasteiger partial charge in [0, 0.05) is 17.9 Å². The quantitative estimate of drug-likeness (QED) is 0.0257. The third kappa shape index (κ3) is 24.2. The van der Waals surface area contributed by atoms with Gasteiger partial charge >= 0.3 is 5.97 Å². The first-order valence-corrected chi connectivity index (χ1v) is 54.7. The fourth-order valence-electron chi connectivity index (χ4n) is 26.3. The van der Waals surface area contributed by atoms with Gasteiger partial charge in [0.25, 0.3) is 0 Å². The molecule has 23 heteroatoms. The Morgan fingerprint density at radius 2 is 0.760 bits per heavy atom. The summed E-state index contributed by atoms with van der Waals surface area (Å²) >= 11 is 0. The molecular weight excluding hydrogens is 1890 g/mol. The van der Waals surface area contributed by atoms with Crippen molar-refractivity contribution < 1.29 is 109 Å². The lowest BCUT2D eigenvalue weighted by atomic mass is 9.44. The van der Waals surface area contributed by atoms with Crippen LogP contribution in [0.15, 0.2) is 334 Å². The van der Waals surface area contributed by atoms with Crippen LogP contribution in [0.1, 0.15) is 164 Å². The van der Waals surface area contributed by atoms with Crippen molar-refractivity contribution in [2.24, 2.45) is 52.3 Å². The monoisotopic (exact) mass is 2040 g/mol. The van der Waals surface area contributed by atoms with E-state index in [9.17, 15) is 0 Å². The summed E-state index contributed by atoms with van der Waals surface area (Å²) in [6.45, 7) is 11.7. The maximum atomic E-state index is 15.9. The van der Waals surface area contributed by atoms with Crippen molar-refractivity contribution in [1.82, 2.24) is 0 Å². The Morgan fingerprint density at radius 1 is 0.333 bits per heavy atom. The summed E-state index contributed by atoms with van der Waals surface area (Å²) in [5.41, 5.74) is 9.30. The molecular formula is C127H144O23. The SMILES string of the molecule is C[C@@H]1CC[C@@]2(OC1)O[C@H]1C[C@H]3[C@@H]4CC[C@H]5C[C@@H](O[C@@H]6O[C@H](COCc7ccccc7)[C@H](O[C@@H]7O[C@@H]8COC(c9ccccc9)O[C@H]8[C@H](O[C@@H]8OC[C@@H](OCc9ccccc9)[C@H](OCc9ccccc9)[C@H]8OCc8ccccc8)[C@H]7O[C@@H]7O[C@H](COCc8ccccc8)[C@@H](OCc8ccccc8)[C@H](OCc8ccccc8)[C@H]7OC(=O)c7ccccc7)[C@H](OCc7ccccc7)[C@H]6OCc6ccccc6)CC[C@]5(C)[C@H]4CC[C@]3(C)[C@H]1[C@@H]2C. The molecule has 22 rings (SSSR count). The lowest BCUT2D eigenvalue weighted by molar-refractivity contribution is -0.427. The van der Waals surface area contributed by atoms with Crippen molar-refractivity contribution >= 4 is 5.97 Å². The molecule has 23 nitrogen and oxygen atoms in total. The summed E-state index contributed by atoms with van der Waals surface area (Å²) in [6, 6.07) is 109. The van der Waals surface area contributed by atoms with Gasteiger partial charge in [0.2, 0.25) is 0 Å². The highest BCUT2D eigenvalue weighted by Crippen LogP contribution is 2.72. The molecule has 7 saturated heterocycles. The van der Waals surface area contributed by atoms with Crippen LogP contribution < -0.4 is 0 Å². The van der Waals surface area contributed by atoms with Gasteiger partial charge in [-0.3, -0.25) is 0 Å². The average Bonchev–Trinajstić information content (AvgIpc) is 1.52. The van der Waals surface area contributed by atoms with Crippen molar-refractivity contribution in [1.29, 1.82) is 0 Å². The molecule has 1 spiro atoms. The number of ether oxygens (including phenoxy) is 22. The molecule has 32 atom stereocenters. The van der Waals surface area contributed by atoms with Crippen molar-refractivity contribution in [3.05, 3.63) is 395 Å². The van der Waals surface area contributed by atoms with Gasteiger partial charge < -0.3 is 104 Å². The minimum absolute atomic E-state index is 0.0169. The maximum Gasteiger partial charge on any atom is 0.338 e. The van der Waals surface area contributed by atoms with Gasteiger partial charge in [-0.25, -0.2) is 4.79 Å². The predicted octanol–water partition coefficient (Wildman–Crippen LogP) is 22.4. The minimum Gasteiger partial charge on any atom is -0.450 e. The van der Waals surface area contributed by atoms with Crippen LogP contribution in [-0.2, 0) is 164 Å². The van der Waals surface area contributed by atoms with E-state index in [1.165, 1.54) is 19.3 Å². The molecule has 0 aromatic heterocycles. The van der Waals surface area contributed by atoms with Gasteiger partial charge in [-0.05, 0) is 166 Å². The van der Waals surface area contributed by atoms with Crippen LogP contribution in [0.25, 0.3) is 0 Å². The maximum absolute atomic E-state index is 15.9. The van der Waals surface area contributed by atoms with E-state index in [-0.39, 0.29) is 114 Å². The van der Waals surface area contributed by atoms with Crippen LogP contribution >= 0.6 is 0 Å². The number of rotatable bonds is 40. The average molecular weight is 2040 g/mol. The van der Waals surface area contributed by atoms with E-state index < -0.39 is 135 Å². The Hall–Kier alpha value is -9.95. The summed E-state index contributed by atoms with van der Waals surface area (Å²) in [7, 11) is 0. The number of hydrogen-bond donors (Lipinski definition) is 0. The third-order valence-corrected chi connectivity index (χ3v) is 34.1. The molecule has 11 aromatic rings. The molecule has 790 valence electrons. The highest BCUT2D eigenvalue weighted by molar-refractivity contribution is 5.89. The smallest absolute Gasteiger partial charge is 0.338 e. The Labute approximate surface area is 882 Å². The van der Waals surface area contributed by atoms with Crippen molar-refractivity contribution in [3.63, 3.8) is 0 Å². The number of carbonyl (C=O) groups is 1. The number of benzene rings is 11. The second-order valence-electron chi connectivity index (χ2n) is 43.7. The number of esters is 1. The van der Waals surface area contributed by atoms with Crippen LogP contribution in [0.5, 0.6) is 0 Å². The molecule has 7 aliphatic heterocycles. The Morgan fingerprint density at radius 3 is 1.27 bits per heavy atom. The fraction of sp³-hybridized carbons (Fsp3) is 0.472. The van der Waals surface area contributed by atoms with E-state index in [0.717, 1.165) is 102 Å². The van der Waals surface area contributed by atoms with Crippen LogP contribution in [-0.4, -0.2) is 174 Å². The van der Waals surface area contributed by atoms with E-state index in [2.05, 4.69) is 52.0 Å². The van der Waals surface area contributed by atoms with Crippen LogP contribution in [0.3, 0.4) is 0 Å². The lowest BCUT2D eigenvalue weighted by Gasteiger charge is -2.61. The molecule has 0 amide bonds. The zero-order chi connectivity index (χ0) is 102. The van der Waals surface area contributed by atoms with E-state index in [0.29, 0.717) is 47.0 Å². The van der Waals surface area contributed by atoms with E-state index in [4.69, 9.17) is 104 Å². The zero-order valence-corrected chi connectivity index (χ0v) is 86.4. The van der Waals surface area contributed by atoms with Gasteiger partial charge in [0.15, 0.2) is 43.3 Å². The fourth-order valence-corrected chi connectivity index (χ4v) is 26.3. The summed E-state index contributed by atoms with van der Waals surface area (Å²) in [4.78, 5) is 15.9. The number of hydrogen-bond acceptors (Lipinski definition) is 23. The predicted molar refractivity (Wildman–Crippen MR) is 560 cm³/mol. The van der Waals surface area contributed by atoms with Crippen molar-refractivity contribution in [2.75, 3.05) is 33.0 Å². The minimum atomic E-state index is -1.68. The highest BCUT2D eigenvalue weighted by atomic mass is 16.8. The largest absolute Gasteiger partial charge is 0.450 e. The molecule has 0 radical (unpaired) electrons. The van der Waals surface area contributed by atoms with Crippen molar-refractivity contribution in [3.8, 4) is 0 Å². The van der Waals surface area contributed by atoms with Crippen LogP contribution in [0.4, 0.5) is 0 Å². The molecule has 11 aromatic carbocycles. The second-order valence-corrected chi connectivity index (χ2v) is 43.7. The summed E-state index contributed by atoms with van der Waals surface area (Å²) in [6.07, 6.45) is -13.5. The molecule has 11 aliphatic rings. The van der Waals surface area contributed by atoms with Gasteiger partial charge in [-0.15, -0.1) is 0 Å². The van der Waals surface area contributed by atoms with Gasteiger partial charge in [-0.1, -0.05) is 349 Å². The van der Waals surface area contributed by atoms with E-state index in [1.807, 2.05) is 285 Å². The zero-order valence-electron chi connectivity index (χ0n) is 86.4. The van der Waals surface area contributed by atoms with E-state index >= 15 is 4.79 Å².